The van der Waals surface area contributed by atoms with Crippen LogP contribution < -0.4 is 16.0 Å². The summed E-state index contributed by atoms with van der Waals surface area (Å²) in [7, 11) is 1.38. The van der Waals surface area contributed by atoms with E-state index in [1.54, 1.807) is 0 Å². The number of amides is 3. The lowest BCUT2D eigenvalue weighted by Crippen LogP contribution is -2.65. The molecule has 3 rings (SSSR count). The number of benzene rings is 1. The fraction of sp³-hybridized carbons (Fsp3) is 0.476. The molecule has 0 aromatic heterocycles. The maximum Gasteiger partial charge on any atom is 0.518 e. The molecule has 1 aromatic rings. The Labute approximate surface area is 211 Å². The monoisotopic (exact) mass is 528 g/mol. The molecule has 2 aliphatic rings. The van der Waals surface area contributed by atoms with Crippen molar-refractivity contribution in [1.82, 2.24) is 16.0 Å². The molecule has 14 heteroatoms. The SMILES string of the molecule is CNC(=O)C[C@]12CC(=O)O[B-](C(CC(C)C)NC(=O)CNC(=O)c3cc(Cl)ccc3Cl)(OC1=O)O2. The number of hydrogen-bond acceptors (Lipinski definition) is 8. The van der Waals surface area contributed by atoms with Gasteiger partial charge in [0.15, 0.2) is 0 Å². The van der Waals surface area contributed by atoms with E-state index in [1.807, 2.05) is 13.8 Å². The fourth-order valence-electron chi connectivity index (χ4n) is 4.05. The minimum absolute atomic E-state index is 0.0479. The van der Waals surface area contributed by atoms with Gasteiger partial charge in [0, 0.05) is 18.0 Å². The average molecular weight is 529 g/mol. The van der Waals surface area contributed by atoms with Crippen molar-refractivity contribution in [1.29, 1.82) is 0 Å². The minimum atomic E-state index is -3.09. The van der Waals surface area contributed by atoms with Gasteiger partial charge in [-0.25, -0.2) is 0 Å². The Balaban J connectivity index is 1.76. The van der Waals surface area contributed by atoms with Gasteiger partial charge in [0.25, 0.3) is 17.8 Å². The normalized spacial score (nSPS) is 23.8. The molecule has 0 saturated carbocycles. The van der Waals surface area contributed by atoms with Gasteiger partial charge in [0.1, 0.15) is 5.60 Å². The quantitative estimate of drug-likeness (QED) is 0.404. The highest BCUT2D eigenvalue weighted by Crippen LogP contribution is 2.43. The van der Waals surface area contributed by atoms with E-state index in [9.17, 15) is 24.0 Å². The second-order valence-electron chi connectivity index (χ2n) is 8.84. The van der Waals surface area contributed by atoms with E-state index in [2.05, 4.69) is 16.0 Å². The van der Waals surface area contributed by atoms with Crippen molar-refractivity contribution in [3.05, 3.63) is 33.8 Å². The molecule has 2 unspecified atom stereocenters. The molecule has 2 saturated heterocycles. The van der Waals surface area contributed by atoms with Gasteiger partial charge in [-0.3, -0.25) is 24.0 Å². The topological polar surface area (TPSA) is 149 Å². The van der Waals surface area contributed by atoms with Crippen molar-refractivity contribution in [3.8, 4) is 0 Å². The molecule has 2 aliphatic heterocycles. The average Bonchev–Trinajstić information content (AvgIpc) is 2.98. The summed E-state index contributed by atoms with van der Waals surface area (Å²) < 4.78 is 16.6. The Hall–Kier alpha value is -2.83. The van der Waals surface area contributed by atoms with E-state index in [1.165, 1.54) is 25.2 Å². The summed E-state index contributed by atoms with van der Waals surface area (Å²) in [6.45, 7) is 0.129. The van der Waals surface area contributed by atoms with E-state index >= 15 is 0 Å². The van der Waals surface area contributed by atoms with Crippen LogP contribution in [0.5, 0.6) is 0 Å². The van der Waals surface area contributed by atoms with E-state index in [0.29, 0.717) is 5.02 Å². The smallest absolute Gasteiger partial charge is 0.518 e. The molecule has 3 N–H and O–H groups in total. The summed E-state index contributed by atoms with van der Waals surface area (Å²) in [4.78, 5) is 62.3. The number of nitrogens with one attached hydrogen (secondary N) is 3. The Morgan fingerprint density at radius 2 is 1.86 bits per heavy atom. The van der Waals surface area contributed by atoms with Gasteiger partial charge >= 0.3 is 6.75 Å². The Morgan fingerprint density at radius 3 is 2.51 bits per heavy atom. The van der Waals surface area contributed by atoms with Gasteiger partial charge in [0.2, 0.25) is 11.8 Å². The number of hydrogen-bond donors (Lipinski definition) is 3. The molecule has 3 atom stereocenters. The van der Waals surface area contributed by atoms with Gasteiger partial charge < -0.3 is 29.9 Å². The number of carbonyl (C=O) groups is 5. The standard InChI is InChI=1S/C21H25BCl2N3O8/c1-11(2)6-15(27-17(29)10-26-19(31)13-7-12(23)4-5-14(13)24)22-33-18(30)9-21(35-22,20(32)34-22)8-16(28)25-3/h4-5,7,11,15H,6,8-10H2,1-3H3,(H,25,28)(H,26,31)(H,27,29)/q-1/t15?,21-,22?/m0/s1. The second kappa shape index (κ2) is 10.4. The summed E-state index contributed by atoms with van der Waals surface area (Å²) in [5, 5.41) is 7.89. The van der Waals surface area contributed by atoms with Crippen molar-refractivity contribution in [3.63, 3.8) is 0 Å². The van der Waals surface area contributed by atoms with Crippen LogP contribution in [-0.2, 0) is 33.1 Å². The van der Waals surface area contributed by atoms with Crippen molar-refractivity contribution in [2.45, 2.75) is 44.7 Å². The highest BCUT2D eigenvalue weighted by Gasteiger charge is 2.64. The lowest BCUT2D eigenvalue weighted by Gasteiger charge is -2.46. The summed E-state index contributed by atoms with van der Waals surface area (Å²) in [6, 6.07) is 4.33. The van der Waals surface area contributed by atoms with Gasteiger partial charge in [0.05, 0.1) is 30.0 Å². The zero-order chi connectivity index (χ0) is 26.0. The van der Waals surface area contributed by atoms with Crippen molar-refractivity contribution in [2.24, 2.45) is 5.92 Å². The van der Waals surface area contributed by atoms with E-state index in [-0.39, 0.29) is 22.9 Å². The number of halogens is 2. The maximum atomic E-state index is 12.8. The van der Waals surface area contributed by atoms with Gasteiger partial charge in [-0.15, -0.1) is 0 Å². The zero-order valence-electron chi connectivity index (χ0n) is 19.3. The first-order valence-corrected chi connectivity index (χ1v) is 11.7. The van der Waals surface area contributed by atoms with E-state index in [0.717, 1.165) is 0 Å². The molecule has 2 fully saturated rings. The lowest BCUT2D eigenvalue weighted by molar-refractivity contribution is -0.156. The highest BCUT2D eigenvalue weighted by molar-refractivity contribution is 6.68. The third kappa shape index (κ3) is 5.88. The molecule has 0 spiro atoms. The molecular weight excluding hydrogens is 504 g/mol. The van der Waals surface area contributed by atoms with Crippen LogP contribution in [0.15, 0.2) is 18.2 Å². The van der Waals surface area contributed by atoms with Gasteiger partial charge in [-0.05, 0) is 24.1 Å². The fourth-order valence-corrected chi connectivity index (χ4v) is 4.43. The number of rotatable bonds is 9. The maximum absolute atomic E-state index is 12.8. The van der Waals surface area contributed by atoms with Gasteiger partial charge in [-0.1, -0.05) is 43.5 Å². The van der Waals surface area contributed by atoms with Crippen LogP contribution >= 0.6 is 23.2 Å². The van der Waals surface area contributed by atoms with Crippen LogP contribution in [0.2, 0.25) is 10.0 Å². The van der Waals surface area contributed by atoms with Crippen LogP contribution in [0.3, 0.4) is 0 Å². The van der Waals surface area contributed by atoms with Crippen LogP contribution in [0.25, 0.3) is 0 Å². The molecule has 190 valence electrons. The third-order valence-electron chi connectivity index (χ3n) is 5.63. The number of fused-ring (bicyclic) bond motifs is 2. The first-order valence-electron chi connectivity index (χ1n) is 10.9. The largest absolute Gasteiger partial charge is 0.632 e. The molecule has 2 heterocycles. The molecule has 0 aliphatic carbocycles. The Kier molecular flexibility index (Phi) is 7.98. The summed E-state index contributed by atoms with van der Waals surface area (Å²) in [5.74, 6) is -4.65. The van der Waals surface area contributed by atoms with Crippen LogP contribution in [0.1, 0.15) is 43.5 Å². The zero-order valence-corrected chi connectivity index (χ0v) is 20.8. The summed E-state index contributed by atoms with van der Waals surface area (Å²) in [6.07, 6.45) is -0.738. The third-order valence-corrected chi connectivity index (χ3v) is 6.20. The van der Waals surface area contributed by atoms with Crippen molar-refractivity contribution < 1.29 is 37.9 Å². The molecule has 1 aromatic carbocycles. The molecule has 0 radical (unpaired) electrons. The van der Waals surface area contributed by atoms with Crippen LogP contribution in [0, 0.1) is 5.92 Å². The van der Waals surface area contributed by atoms with Crippen molar-refractivity contribution in [2.75, 3.05) is 13.6 Å². The van der Waals surface area contributed by atoms with Gasteiger partial charge in [-0.2, -0.15) is 0 Å². The molecule has 2 bridgehead atoms. The summed E-state index contributed by atoms with van der Waals surface area (Å²) in [5.41, 5.74) is -1.76. The van der Waals surface area contributed by atoms with E-state index < -0.39 is 67.3 Å². The van der Waals surface area contributed by atoms with Crippen molar-refractivity contribution >= 4 is 59.6 Å². The van der Waals surface area contributed by atoms with E-state index in [4.69, 9.17) is 37.2 Å². The predicted molar refractivity (Wildman–Crippen MR) is 125 cm³/mol. The first kappa shape index (κ1) is 26.8. The Morgan fingerprint density at radius 1 is 1.14 bits per heavy atom. The lowest BCUT2D eigenvalue weighted by atomic mass is 9.64. The molecule has 3 amide bonds. The molecule has 11 nitrogen and oxygen atoms in total. The first-order chi connectivity index (χ1) is 16.4. The molecule has 35 heavy (non-hydrogen) atoms. The van der Waals surface area contributed by atoms with Crippen LogP contribution in [0.4, 0.5) is 0 Å². The molecular formula is C21H25BCl2N3O8-. The Bertz CT molecular complexity index is 1070. The highest BCUT2D eigenvalue weighted by atomic mass is 35.5. The second-order valence-corrected chi connectivity index (χ2v) is 9.69. The summed E-state index contributed by atoms with van der Waals surface area (Å²) >= 11 is 11.9. The minimum Gasteiger partial charge on any atom is -0.632 e. The number of carbonyl (C=O) groups excluding carboxylic acids is 5. The van der Waals surface area contributed by atoms with Crippen LogP contribution in [-0.4, -0.2) is 61.5 Å². The predicted octanol–water partition coefficient (Wildman–Crippen LogP) is 1.13.